The third kappa shape index (κ3) is 4.74. The van der Waals surface area contributed by atoms with Crippen LogP contribution in [0, 0.1) is 0 Å². The van der Waals surface area contributed by atoms with E-state index in [4.69, 9.17) is 4.74 Å². The van der Waals surface area contributed by atoms with Crippen molar-refractivity contribution >= 4 is 30.1 Å². The second kappa shape index (κ2) is 7.47. The molecule has 0 aromatic rings. The predicted molar refractivity (Wildman–Crippen MR) is 57.6 cm³/mol. The van der Waals surface area contributed by atoms with E-state index in [1.165, 1.54) is 0 Å². The lowest BCUT2D eigenvalue weighted by atomic mass is 10.4. The summed E-state index contributed by atoms with van der Waals surface area (Å²) in [5.74, 6) is 0.841. The van der Waals surface area contributed by atoms with Gasteiger partial charge in [0.15, 0.2) is 0 Å². The highest BCUT2D eigenvalue weighted by Crippen LogP contribution is 2.02. The highest BCUT2D eigenvalue weighted by atomic mass is 35.5. The van der Waals surface area contributed by atoms with Crippen LogP contribution in [0.1, 0.15) is 6.42 Å². The van der Waals surface area contributed by atoms with Crippen LogP contribution in [0.2, 0.25) is 0 Å². The fourth-order valence-corrected chi connectivity index (χ4v) is 1.64. The number of hydrogen-bond acceptors (Lipinski definition) is 3. The summed E-state index contributed by atoms with van der Waals surface area (Å²) in [6.45, 7) is 3.11. The molecule has 13 heavy (non-hydrogen) atoms. The van der Waals surface area contributed by atoms with Gasteiger partial charge in [0.2, 0.25) is 5.91 Å². The van der Waals surface area contributed by atoms with E-state index in [2.05, 4.69) is 0 Å². The van der Waals surface area contributed by atoms with E-state index >= 15 is 0 Å². The topological polar surface area (TPSA) is 29.5 Å². The number of hydrogen-bond donors (Lipinski definition) is 0. The smallest absolute Gasteiger partial charge is 0.232 e. The van der Waals surface area contributed by atoms with Gasteiger partial charge in [0.25, 0.3) is 0 Å². The lowest BCUT2D eigenvalue weighted by Crippen LogP contribution is -2.34. The molecule has 0 saturated carbocycles. The number of nitrogens with zero attached hydrogens (tertiary/aromatic N) is 1. The molecule has 1 rings (SSSR count). The maximum atomic E-state index is 11.4. The Labute approximate surface area is 89.6 Å². The Bertz CT molecular complexity index is 149. The number of rotatable bonds is 2. The molecule has 0 atom stereocenters. The normalized spacial score (nSPS) is 17.5. The van der Waals surface area contributed by atoms with Gasteiger partial charge in [-0.05, 0) is 12.7 Å². The molecule has 1 saturated heterocycles. The molecular weight excluding hydrogens is 210 g/mol. The third-order valence-electron chi connectivity index (χ3n) is 1.84. The first-order valence-electron chi connectivity index (χ1n) is 4.19. The van der Waals surface area contributed by atoms with E-state index in [1.54, 1.807) is 11.8 Å². The van der Waals surface area contributed by atoms with Gasteiger partial charge >= 0.3 is 0 Å². The zero-order chi connectivity index (χ0) is 8.81. The lowest BCUT2D eigenvalue weighted by molar-refractivity contribution is -0.128. The molecule has 3 nitrogen and oxygen atoms in total. The molecule has 78 valence electrons. The van der Waals surface area contributed by atoms with Gasteiger partial charge in [-0.15, -0.1) is 12.4 Å². The maximum Gasteiger partial charge on any atom is 0.232 e. The maximum absolute atomic E-state index is 11.4. The van der Waals surface area contributed by atoms with Gasteiger partial charge in [-0.25, -0.2) is 0 Å². The fraction of sp³-hybridized carbons (Fsp3) is 0.875. The Morgan fingerprint density at radius 3 is 2.92 bits per heavy atom. The van der Waals surface area contributed by atoms with Gasteiger partial charge in [0.05, 0.1) is 12.4 Å². The average molecular weight is 226 g/mol. The van der Waals surface area contributed by atoms with E-state index < -0.39 is 0 Å². The van der Waals surface area contributed by atoms with Crippen LogP contribution in [0.5, 0.6) is 0 Å². The summed E-state index contributed by atoms with van der Waals surface area (Å²) < 4.78 is 5.25. The molecule has 1 heterocycles. The van der Waals surface area contributed by atoms with Crippen LogP contribution < -0.4 is 0 Å². The van der Waals surface area contributed by atoms with Crippen LogP contribution in [0.4, 0.5) is 0 Å². The van der Waals surface area contributed by atoms with Crippen molar-refractivity contribution in [3.63, 3.8) is 0 Å². The number of ether oxygens (including phenoxy) is 1. The van der Waals surface area contributed by atoms with Crippen LogP contribution in [0.15, 0.2) is 0 Å². The molecule has 0 aliphatic carbocycles. The molecule has 1 aliphatic rings. The molecule has 0 aromatic carbocycles. The van der Waals surface area contributed by atoms with Crippen LogP contribution in [0.25, 0.3) is 0 Å². The minimum atomic E-state index is 0. The second-order valence-corrected chi connectivity index (χ2v) is 3.65. The highest BCUT2D eigenvalue weighted by molar-refractivity contribution is 7.99. The standard InChI is InChI=1S/C8H15NO2S.ClH/c1-12-7-8(10)9-3-2-5-11-6-4-9;/h2-7H2,1H3;1H. The summed E-state index contributed by atoms with van der Waals surface area (Å²) in [5.41, 5.74) is 0. The van der Waals surface area contributed by atoms with Crippen molar-refractivity contribution in [1.82, 2.24) is 4.90 Å². The summed E-state index contributed by atoms with van der Waals surface area (Å²) in [4.78, 5) is 13.3. The molecule has 0 bridgehead atoms. The summed E-state index contributed by atoms with van der Waals surface area (Å²) in [5, 5.41) is 0. The van der Waals surface area contributed by atoms with Crippen LogP contribution in [-0.4, -0.2) is 49.1 Å². The first-order valence-corrected chi connectivity index (χ1v) is 5.58. The molecule has 5 heteroatoms. The van der Waals surface area contributed by atoms with Gasteiger partial charge in [0.1, 0.15) is 0 Å². The predicted octanol–water partition coefficient (Wildman–Crippen LogP) is 1.02. The quantitative estimate of drug-likeness (QED) is 0.703. The van der Waals surface area contributed by atoms with Gasteiger partial charge in [0, 0.05) is 19.7 Å². The summed E-state index contributed by atoms with van der Waals surface area (Å²) >= 11 is 1.58. The molecular formula is C8H16ClNO2S. The van der Waals surface area contributed by atoms with Crippen LogP contribution in [0.3, 0.4) is 0 Å². The third-order valence-corrected chi connectivity index (χ3v) is 2.38. The minimum Gasteiger partial charge on any atom is -0.380 e. The Kier molecular flexibility index (Phi) is 7.51. The highest BCUT2D eigenvalue weighted by Gasteiger charge is 2.14. The zero-order valence-corrected chi connectivity index (χ0v) is 9.46. The van der Waals surface area contributed by atoms with Crippen LogP contribution in [-0.2, 0) is 9.53 Å². The van der Waals surface area contributed by atoms with E-state index in [-0.39, 0.29) is 18.3 Å². The molecule has 1 amide bonds. The molecule has 0 N–H and O–H groups in total. The molecule has 1 aliphatic heterocycles. The number of thioether (sulfide) groups is 1. The average Bonchev–Trinajstić information content (AvgIpc) is 2.32. The van der Waals surface area contributed by atoms with Crippen molar-refractivity contribution in [2.45, 2.75) is 6.42 Å². The minimum absolute atomic E-state index is 0. The second-order valence-electron chi connectivity index (χ2n) is 2.78. The molecule has 0 radical (unpaired) electrons. The number of amides is 1. The van der Waals surface area contributed by atoms with E-state index in [0.29, 0.717) is 12.4 Å². The molecule has 0 unspecified atom stereocenters. The van der Waals surface area contributed by atoms with Crippen molar-refractivity contribution in [3.05, 3.63) is 0 Å². The first kappa shape index (κ1) is 13.1. The molecule has 0 aromatic heterocycles. The number of halogens is 1. The lowest BCUT2D eigenvalue weighted by Gasteiger charge is -2.18. The van der Waals surface area contributed by atoms with Crippen molar-refractivity contribution in [2.24, 2.45) is 0 Å². The Morgan fingerprint density at radius 2 is 2.23 bits per heavy atom. The fourth-order valence-electron chi connectivity index (χ4n) is 1.21. The van der Waals surface area contributed by atoms with E-state index in [1.807, 2.05) is 11.2 Å². The molecule has 0 spiro atoms. The monoisotopic (exact) mass is 225 g/mol. The Balaban J connectivity index is 0.00000144. The largest absolute Gasteiger partial charge is 0.380 e. The Hall–Kier alpha value is 0.0700. The number of carbonyl (C=O) groups is 1. The van der Waals surface area contributed by atoms with Crippen molar-refractivity contribution in [3.8, 4) is 0 Å². The summed E-state index contributed by atoms with van der Waals surface area (Å²) in [7, 11) is 0. The van der Waals surface area contributed by atoms with Crippen molar-refractivity contribution in [1.29, 1.82) is 0 Å². The van der Waals surface area contributed by atoms with Gasteiger partial charge < -0.3 is 9.64 Å². The van der Waals surface area contributed by atoms with Gasteiger partial charge in [-0.2, -0.15) is 11.8 Å². The number of carbonyl (C=O) groups excluding carboxylic acids is 1. The molecule has 1 fully saturated rings. The van der Waals surface area contributed by atoms with Crippen molar-refractivity contribution < 1.29 is 9.53 Å². The zero-order valence-electron chi connectivity index (χ0n) is 7.82. The van der Waals surface area contributed by atoms with E-state index in [0.717, 1.165) is 26.1 Å². The first-order chi connectivity index (χ1) is 5.84. The van der Waals surface area contributed by atoms with Gasteiger partial charge in [-0.1, -0.05) is 0 Å². The van der Waals surface area contributed by atoms with Crippen molar-refractivity contribution in [2.75, 3.05) is 38.3 Å². The Morgan fingerprint density at radius 1 is 1.46 bits per heavy atom. The van der Waals surface area contributed by atoms with Crippen LogP contribution >= 0.6 is 24.2 Å². The van der Waals surface area contributed by atoms with Gasteiger partial charge in [-0.3, -0.25) is 4.79 Å². The van der Waals surface area contributed by atoms with E-state index in [9.17, 15) is 4.79 Å². The SMILES string of the molecule is CSCC(=O)N1CCCOCC1.Cl. The summed E-state index contributed by atoms with van der Waals surface area (Å²) in [6, 6.07) is 0. The summed E-state index contributed by atoms with van der Waals surface area (Å²) in [6.07, 6.45) is 2.92.